The van der Waals surface area contributed by atoms with Crippen LogP contribution in [0.15, 0.2) is 23.1 Å². The molecule has 0 amide bonds. The third-order valence-corrected chi connectivity index (χ3v) is 4.52. The first kappa shape index (κ1) is 13.3. The third kappa shape index (κ3) is 2.65. The molecule has 0 saturated carbocycles. The van der Waals surface area contributed by atoms with Crippen molar-refractivity contribution in [2.75, 3.05) is 5.73 Å². The van der Waals surface area contributed by atoms with Gasteiger partial charge in [-0.25, -0.2) is 0 Å². The Morgan fingerprint density at radius 1 is 1.39 bits per heavy atom. The lowest BCUT2D eigenvalue weighted by molar-refractivity contribution is 0.757. The van der Waals surface area contributed by atoms with E-state index in [1.54, 1.807) is 16.4 Å². The maximum Gasteiger partial charge on any atom is 0.131 e. The second-order valence-corrected chi connectivity index (χ2v) is 5.67. The van der Waals surface area contributed by atoms with Crippen LogP contribution < -0.4 is 5.73 Å². The van der Waals surface area contributed by atoms with Crippen LogP contribution in [0.25, 0.3) is 0 Å². The molecule has 1 aromatic heterocycles. The summed E-state index contributed by atoms with van der Waals surface area (Å²) in [7, 11) is 1.86. The highest BCUT2D eigenvalue weighted by atomic mass is 35.5. The first-order valence-electron chi connectivity index (χ1n) is 5.66. The van der Waals surface area contributed by atoms with Crippen LogP contribution in [-0.4, -0.2) is 9.78 Å². The summed E-state index contributed by atoms with van der Waals surface area (Å²) in [6.45, 7) is 4.05. The van der Waals surface area contributed by atoms with Crippen LogP contribution in [0.3, 0.4) is 0 Å². The van der Waals surface area contributed by atoms with Gasteiger partial charge in [0.05, 0.1) is 5.69 Å². The van der Waals surface area contributed by atoms with E-state index in [9.17, 15) is 0 Å². The smallest absolute Gasteiger partial charge is 0.131 e. The Kier molecular flexibility index (Phi) is 3.88. The molecule has 0 saturated heterocycles. The zero-order valence-electron chi connectivity index (χ0n) is 10.7. The standard InChI is InChI=1S/C13H16ClN3S/c1-8-6-10(15)4-5-12(8)18-7-11-9(2)16-17(3)13(11)14/h4-6H,7,15H2,1-3H3. The number of anilines is 1. The topological polar surface area (TPSA) is 43.8 Å². The van der Waals surface area contributed by atoms with E-state index in [2.05, 4.69) is 18.1 Å². The molecule has 0 bridgehead atoms. The highest BCUT2D eigenvalue weighted by Gasteiger charge is 2.11. The second kappa shape index (κ2) is 5.24. The monoisotopic (exact) mass is 281 g/mol. The zero-order valence-corrected chi connectivity index (χ0v) is 12.3. The number of nitrogens with zero attached hydrogens (tertiary/aromatic N) is 2. The van der Waals surface area contributed by atoms with E-state index < -0.39 is 0 Å². The molecule has 0 unspecified atom stereocenters. The Bertz CT molecular complexity index is 578. The summed E-state index contributed by atoms with van der Waals surface area (Å²) >= 11 is 7.97. The number of nitrogens with two attached hydrogens (primary N) is 1. The van der Waals surface area contributed by atoms with Crippen LogP contribution >= 0.6 is 23.4 Å². The second-order valence-electron chi connectivity index (χ2n) is 4.29. The Morgan fingerprint density at radius 2 is 2.11 bits per heavy atom. The van der Waals surface area contributed by atoms with Gasteiger partial charge in [0.1, 0.15) is 5.15 Å². The number of benzene rings is 1. The molecule has 0 aliphatic heterocycles. The summed E-state index contributed by atoms with van der Waals surface area (Å²) in [5.74, 6) is 0.823. The minimum Gasteiger partial charge on any atom is -0.399 e. The SMILES string of the molecule is Cc1cc(N)ccc1SCc1c(C)nn(C)c1Cl. The van der Waals surface area contributed by atoms with Gasteiger partial charge in [-0.2, -0.15) is 5.10 Å². The number of rotatable bonds is 3. The van der Waals surface area contributed by atoms with Gasteiger partial charge in [-0.3, -0.25) is 4.68 Å². The van der Waals surface area contributed by atoms with Crippen molar-refractivity contribution in [3.63, 3.8) is 0 Å². The van der Waals surface area contributed by atoms with Crippen LogP contribution in [0.5, 0.6) is 0 Å². The minimum absolute atomic E-state index is 0.716. The average Bonchev–Trinajstić information content (AvgIpc) is 2.53. The lowest BCUT2D eigenvalue weighted by Crippen LogP contribution is -1.90. The normalized spacial score (nSPS) is 10.9. The molecule has 0 spiro atoms. The zero-order chi connectivity index (χ0) is 13.3. The van der Waals surface area contributed by atoms with Crippen LogP contribution in [0.2, 0.25) is 5.15 Å². The summed E-state index contributed by atoms with van der Waals surface area (Å²) in [5, 5.41) is 5.03. The molecule has 18 heavy (non-hydrogen) atoms. The minimum atomic E-state index is 0.716. The number of aryl methyl sites for hydroxylation is 3. The molecule has 2 aromatic rings. The summed E-state index contributed by atoms with van der Waals surface area (Å²) in [6.07, 6.45) is 0. The van der Waals surface area contributed by atoms with Gasteiger partial charge >= 0.3 is 0 Å². The van der Waals surface area contributed by atoms with Gasteiger partial charge in [-0.15, -0.1) is 11.8 Å². The van der Waals surface area contributed by atoms with Crippen LogP contribution in [-0.2, 0) is 12.8 Å². The highest BCUT2D eigenvalue weighted by molar-refractivity contribution is 7.98. The molecule has 0 radical (unpaired) electrons. The molecule has 0 atom stereocenters. The molecule has 96 valence electrons. The number of aromatic nitrogens is 2. The van der Waals surface area contributed by atoms with Gasteiger partial charge in [-0.05, 0) is 37.6 Å². The van der Waals surface area contributed by atoms with Gasteiger partial charge < -0.3 is 5.73 Å². The number of hydrogen-bond donors (Lipinski definition) is 1. The van der Waals surface area contributed by atoms with Crippen LogP contribution in [0, 0.1) is 13.8 Å². The molecule has 5 heteroatoms. The lowest BCUT2D eigenvalue weighted by atomic mass is 10.2. The maximum atomic E-state index is 6.21. The predicted octanol–water partition coefficient (Wildman–Crippen LogP) is 3.56. The van der Waals surface area contributed by atoms with E-state index in [4.69, 9.17) is 17.3 Å². The van der Waals surface area contributed by atoms with Crippen LogP contribution in [0.4, 0.5) is 5.69 Å². The van der Waals surface area contributed by atoms with Crippen molar-refractivity contribution in [2.45, 2.75) is 24.5 Å². The van der Waals surface area contributed by atoms with Crippen molar-refractivity contribution in [3.05, 3.63) is 40.2 Å². The molecule has 1 aromatic carbocycles. The molecular formula is C13H16ClN3S. The number of thioether (sulfide) groups is 1. The highest BCUT2D eigenvalue weighted by Crippen LogP contribution is 2.30. The first-order chi connectivity index (χ1) is 8.49. The van der Waals surface area contributed by atoms with Crippen molar-refractivity contribution in [1.82, 2.24) is 9.78 Å². The Balaban J connectivity index is 2.16. The summed E-state index contributed by atoms with van der Waals surface area (Å²) in [4.78, 5) is 1.23. The summed E-state index contributed by atoms with van der Waals surface area (Å²) in [6, 6.07) is 5.96. The average molecular weight is 282 g/mol. The molecule has 3 nitrogen and oxygen atoms in total. The molecule has 0 aliphatic carbocycles. The number of hydrogen-bond acceptors (Lipinski definition) is 3. The largest absolute Gasteiger partial charge is 0.399 e. The van der Waals surface area contributed by atoms with E-state index in [1.165, 1.54) is 10.5 Å². The Hall–Kier alpha value is -1.13. The Morgan fingerprint density at radius 3 is 2.67 bits per heavy atom. The van der Waals surface area contributed by atoms with Crippen molar-refractivity contribution < 1.29 is 0 Å². The molecule has 0 aliphatic rings. The summed E-state index contributed by atoms with van der Waals surface area (Å²) in [5.41, 5.74) is 9.82. The molecule has 1 heterocycles. The lowest BCUT2D eigenvalue weighted by Gasteiger charge is -2.06. The molecular weight excluding hydrogens is 266 g/mol. The van der Waals surface area contributed by atoms with Crippen molar-refractivity contribution >= 4 is 29.1 Å². The van der Waals surface area contributed by atoms with E-state index in [0.29, 0.717) is 5.15 Å². The van der Waals surface area contributed by atoms with E-state index in [-0.39, 0.29) is 0 Å². The number of nitrogen functional groups attached to an aromatic ring is 1. The molecule has 0 fully saturated rings. The van der Waals surface area contributed by atoms with Crippen molar-refractivity contribution in [3.8, 4) is 0 Å². The Labute approximate surface area is 116 Å². The van der Waals surface area contributed by atoms with Gasteiger partial charge in [0.2, 0.25) is 0 Å². The summed E-state index contributed by atoms with van der Waals surface area (Å²) < 4.78 is 1.71. The van der Waals surface area contributed by atoms with E-state index in [0.717, 1.165) is 22.7 Å². The fraction of sp³-hybridized carbons (Fsp3) is 0.308. The first-order valence-corrected chi connectivity index (χ1v) is 7.02. The van der Waals surface area contributed by atoms with Gasteiger partial charge in [0, 0.05) is 28.9 Å². The molecule has 2 rings (SSSR count). The fourth-order valence-corrected chi connectivity index (χ4v) is 3.24. The third-order valence-electron chi connectivity index (χ3n) is 2.84. The van der Waals surface area contributed by atoms with Gasteiger partial charge in [0.15, 0.2) is 0 Å². The van der Waals surface area contributed by atoms with Gasteiger partial charge in [-0.1, -0.05) is 11.6 Å². The van der Waals surface area contributed by atoms with Crippen molar-refractivity contribution in [2.24, 2.45) is 7.05 Å². The van der Waals surface area contributed by atoms with Crippen molar-refractivity contribution in [1.29, 1.82) is 0 Å². The van der Waals surface area contributed by atoms with E-state index in [1.807, 2.05) is 26.1 Å². The molecule has 2 N–H and O–H groups in total. The quantitative estimate of drug-likeness (QED) is 0.691. The van der Waals surface area contributed by atoms with E-state index >= 15 is 0 Å². The maximum absolute atomic E-state index is 6.21. The predicted molar refractivity (Wildman–Crippen MR) is 78.1 cm³/mol. The number of halogens is 1. The van der Waals surface area contributed by atoms with Gasteiger partial charge in [0.25, 0.3) is 0 Å². The fourth-order valence-electron chi connectivity index (χ4n) is 1.82. The van der Waals surface area contributed by atoms with Crippen LogP contribution in [0.1, 0.15) is 16.8 Å².